The number of carbonyl (C=O) groups is 1. The standard InChI is InChI=1S/C11H20FNO3/c1-11(2,3)16-10(15)13-9-5-4-7(14)6-8(9)12/h7-9,14H,4-6H2,1-3H3,(H,13,15)/t7-,8+,9-/m1/s1. The Morgan fingerprint density at radius 2 is 2.06 bits per heavy atom. The fourth-order valence-corrected chi connectivity index (χ4v) is 1.72. The quantitative estimate of drug-likeness (QED) is 0.725. The maximum absolute atomic E-state index is 13.5. The fourth-order valence-electron chi connectivity index (χ4n) is 1.72. The van der Waals surface area contributed by atoms with Crippen molar-refractivity contribution in [3.63, 3.8) is 0 Å². The molecule has 0 aromatic carbocycles. The van der Waals surface area contributed by atoms with Gasteiger partial charge in [-0.25, -0.2) is 9.18 Å². The molecule has 3 atom stereocenters. The molecule has 0 spiro atoms. The van der Waals surface area contributed by atoms with E-state index in [1.54, 1.807) is 20.8 Å². The number of aliphatic hydroxyl groups excluding tert-OH is 1. The third kappa shape index (κ3) is 4.35. The smallest absolute Gasteiger partial charge is 0.407 e. The first-order chi connectivity index (χ1) is 7.28. The number of nitrogens with one attached hydrogen (secondary N) is 1. The van der Waals surface area contributed by atoms with Crippen LogP contribution in [0.25, 0.3) is 0 Å². The highest BCUT2D eigenvalue weighted by molar-refractivity contribution is 5.68. The molecule has 1 saturated carbocycles. The molecule has 0 saturated heterocycles. The van der Waals surface area contributed by atoms with Crippen LogP contribution in [-0.2, 0) is 4.74 Å². The first-order valence-corrected chi connectivity index (χ1v) is 5.59. The molecule has 2 N–H and O–H groups in total. The van der Waals surface area contributed by atoms with Gasteiger partial charge in [0.05, 0.1) is 12.1 Å². The van der Waals surface area contributed by atoms with Gasteiger partial charge in [-0.1, -0.05) is 0 Å². The number of alkyl halides is 1. The molecule has 5 heteroatoms. The lowest BCUT2D eigenvalue weighted by atomic mass is 9.91. The van der Waals surface area contributed by atoms with Crippen molar-refractivity contribution in [1.82, 2.24) is 5.32 Å². The van der Waals surface area contributed by atoms with Crippen LogP contribution < -0.4 is 5.32 Å². The number of hydrogen-bond acceptors (Lipinski definition) is 3. The zero-order chi connectivity index (χ0) is 12.3. The summed E-state index contributed by atoms with van der Waals surface area (Å²) < 4.78 is 18.5. The monoisotopic (exact) mass is 233 g/mol. The average molecular weight is 233 g/mol. The Bertz CT molecular complexity index is 252. The highest BCUT2D eigenvalue weighted by Crippen LogP contribution is 2.22. The normalized spacial score (nSPS) is 30.9. The van der Waals surface area contributed by atoms with E-state index < -0.39 is 30.0 Å². The lowest BCUT2D eigenvalue weighted by molar-refractivity contribution is 0.0325. The van der Waals surface area contributed by atoms with Crippen molar-refractivity contribution in [2.75, 3.05) is 0 Å². The van der Waals surface area contributed by atoms with Crippen LogP contribution in [0.4, 0.5) is 9.18 Å². The summed E-state index contributed by atoms with van der Waals surface area (Å²) in [5.74, 6) is 0. The van der Waals surface area contributed by atoms with Gasteiger partial charge in [0.15, 0.2) is 0 Å². The predicted octanol–water partition coefficient (Wildman–Crippen LogP) is 1.76. The van der Waals surface area contributed by atoms with Crippen molar-refractivity contribution in [1.29, 1.82) is 0 Å². The van der Waals surface area contributed by atoms with Crippen molar-refractivity contribution >= 4 is 6.09 Å². The van der Waals surface area contributed by atoms with E-state index in [9.17, 15) is 14.3 Å². The Morgan fingerprint density at radius 1 is 1.44 bits per heavy atom. The van der Waals surface area contributed by atoms with Gasteiger partial charge in [-0.3, -0.25) is 0 Å². The lowest BCUT2D eigenvalue weighted by Crippen LogP contribution is -2.47. The molecule has 0 aliphatic heterocycles. The van der Waals surface area contributed by atoms with Crippen molar-refractivity contribution in [2.45, 2.75) is 64.0 Å². The van der Waals surface area contributed by atoms with Gasteiger partial charge in [-0.2, -0.15) is 0 Å². The third-order valence-corrected chi connectivity index (χ3v) is 2.45. The summed E-state index contributed by atoms with van der Waals surface area (Å²) in [4.78, 5) is 11.4. The number of halogens is 1. The number of hydrogen-bond donors (Lipinski definition) is 2. The molecule has 16 heavy (non-hydrogen) atoms. The first kappa shape index (κ1) is 13.2. The highest BCUT2D eigenvalue weighted by Gasteiger charge is 2.31. The van der Waals surface area contributed by atoms with Crippen LogP contribution >= 0.6 is 0 Å². The van der Waals surface area contributed by atoms with E-state index in [1.165, 1.54) is 0 Å². The van der Waals surface area contributed by atoms with E-state index in [1.807, 2.05) is 0 Å². The summed E-state index contributed by atoms with van der Waals surface area (Å²) in [6, 6.07) is -0.543. The minimum atomic E-state index is -1.20. The average Bonchev–Trinajstić information content (AvgIpc) is 2.06. The number of ether oxygens (including phenoxy) is 1. The Hall–Kier alpha value is -0.840. The van der Waals surface area contributed by atoms with Gasteiger partial charge < -0.3 is 15.2 Å². The predicted molar refractivity (Wildman–Crippen MR) is 57.9 cm³/mol. The zero-order valence-corrected chi connectivity index (χ0v) is 10.00. The SMILES string of the molecule is CC(C)(C)OC(=O)N[C@@H]1CC[C@@H](O)C[C@@H]1F. The molecule has 0 bridgehead atoms. The minimum absolute atomic E-state index is 0.0838. The second-order valence-electron chi connectivity index (χ2n) is 5.24. The molecule has 1 amide bonds. The van der Waals surface area contributed by atoms with Gasteiger partial charge in [0.25, 0.3) is 0 Å². The highest BCUT2D eigenvalue weighted by atomic mass is 19.1. The van der Waals surface area contributed by atoms with Crippen LogP contribution in [0.15, 0.2) is 0 Å². The number of amides is 1. The summed E-state index contributed by atoms with van der Waals surface area (Å²) in [5, 5.41) is 11.7. The second kappa shape index (κ2) is 4.99. The van der Waals surface area contributed by atoms with E-state index >= 15 is 0 Å². The summed E-state index contributed by atoms with van der Waals surface area (Å²) in [5.41, 5.74) is -0.579. The topological polar surface area (TPSA) is 58.6 Å². The van der Waals surface area contributed by atoms with Crippen LogP contribution in [0.2, 0.25) is 0 Å². The molecule has 4 nitrogen and oxygen atoms in total. The van der Waals surface area contributed by atoms with Gasteiger partial charge in [0.1, 0.15) is 11.8 Å². The van der Waals surface area contributed by atoms with Gasteiger partial charge in [-0.05, 0) is 33.6 Å². The number of rotatable bonds is 1. The zero-order valence-electron chi connectivity index (χ0n) is 10.00. The molecule has 1 rings (SSSR count). The van der Waals surface area contributed by atoms with E-state index in [0.717, 1.165) is 0 Å². The maximum atomic E-state index is 13.5. The number of carbonyl (C=O) groups excluding carboxylic acids is 1. The molecule has 0 radical (unpaired) electrons. The van der Waals surface area contributed by atoms with Crippen LogP contribution in [0.1, 0.15) is 40.0 Å². The van der Waals surface area contributed by atoms with Crippen LogP contribution in [-0.4, -0.2) is 35.1 Å². The number of aliphatic hydroxyl groups is 1. The van der Waals surface area contributed by atoms with E-state index in [0.29, 0.717) is 12.8 Å². The van der Waals surface area contributed by atoms with E-state index in [4.69, 9.17) is 4.74 Å². The van der Waals surface area contributed by atoms with Crippen molar-refractivity contribution in [3.05, 3.63) is 0 Å². The summed E-state index contributed by atoms with van der Waals surface area (Å²) in [7, 11) is 0. The Labute approximate surface area is 95.2 Å². The molecule has 0 aromatic heterocycles. The summed E-state index contributed by atoms with van der Waals surface area (Å²) in [6.07, 6.45) is -1.34. The fraction of sp³-hybridized carbons (Fsp3) is 0.909. The maximum Gasteiger partial charge on any atom is 0.407 e. The van der Waals surface area contributed by atoms with Crippen molar-refractivity contribution in [2.24, 2.45) is 0 Å². The van der Waals surface area contributed by atoms with Crippen LogP contribution in [0, 0.1) is 0 Å². The molecular formula is C11H20FNO3. The van der Waals surface area contributed by atoms with Gasteiger partial charge in [0.2, 0.25) is 0 Å². The molecule has 94 valence electrons. The molecule has 1 aliphatic rings. The third-order valence-electron chi connectivity index (χ3n) is 2.45. The molecule has 1 fully saturated rings. The molecule has 1 aliphatic carbocycles. The summed E-state index contributed by atoms with van der Waals surface area (Å²) in [6.45, 7) is 5.26. The van der Waals surface area contributed by atoms with Crippen molar-refractivity contribution < 1.29 is 19.0 Å². The Kier molecular flexibility index (Phi) is 4.13. The van der Waals surface area contributed by atoms with Crippen LogP contribution in [0.3, 0.4) is 0 Å². The van der Waals surface area contributed by atoms with Crippen molar-refractivity contribution in [3.8, 4) is 0 Å². The summed E-state index contributed by atoms with van der Waals surface area (Å²) >= 11 is 0. The molecular weight excluding hydrogens is 213 g/mol. The van der Waals surface area contributed by atoms with Gasteiger partial charge in [0, 0.05) is 6.42 Å². The first-order valence-electron chi connectivity index (χ1n) is 5.59. The van der Waals surface area contributed by atoms with Gasteiger partial charge in [-0.15, -0.1) is 0 Å². The lowest BCUT2D eigenvalue weighted by Gasteiger charge is -2.30. The molecule has 0 aromatic rings. The number of alkyl carbamates (subject to hydrolysis) is 1. The van der Waals surface area contributed by atoms with Crippen LogP contribution in [0.5, 0.6) is 0 Å². The molecule has 0 heterocycles. The van der Waals surface area contributed by atoms with Gasteiger partial charge >= 0.3 is 6.09 Å². The second-order valence-corrected chi connectivity index (χ2v) is 5.24. The largest absolute Gasteiger partial charge is 0.444 e. The molecule has 0 unspecified atom stereocenters. The van der Waals surface area contributed by atoms with E-state index in [-0.39, 0.29) is 6.42 Å². The Morgan fingerprint density at radius 3 is 2.56 bits per heavy atom. The van der Waals surface area contributed by atoms with E-state index in [2.05, 4.69) is 5.32 Å². The minimum Gasteiger partial charge on any atom is -0.444 e. The Balaban J connectivity index is 2.39.